The lowest BCUT2D eigenvalue weighted by Gasteiger charge is -2.18. The van der Waals surface area contributed by atoms with E-state index in [9.17, 15) is 4.79 Å². The number of carbonyl (C=O) groups is 1. The van der Waals surface area contributed by atoms with E-state index in [2.05, 4.69) is 16.0 Å². The maximum absolute atomic E-state index is 10.9. The van der Waals surface area contributed by atoms with Gasteiger partial charge in [0.15, 0.2) is 0 Å². The predicted octanol–water partition coefficient (Wildman–Crippen LogP) is 1.39. The van der Waals surface area contributed by atoms with Crippen molar-refractivity contribution in [3.63, 3.8) is 0 Å². The van der Waals surface area contributed by atoms with Crippen LogP contribution in [-0.4, -0.2) is 35.5 Å². The molecule has 0 aromatic carbocycles. The SMILES string of the molecule is CC(=O)O[C@@H]1C[C@@H](c2cccnc2)N(C)C1. The molecule has 0 aliphatic carbocycles. The Morgan fingerprint density at radius 3 is 3.06 bits per heavy atom. The molecule has 0 amide bonds. The molecule has 2 rings (SSSR count). The van der Waals surface area contributed by atoms with Crippen LogP contribution in [0.15, 0.2) is 24.5 Å². The molecule has 1 fully saturated rings. The summed E-state index contributed by atoms with van der Waals surface area (Å²) in [5.74, 6) is -0.203. The molecular weight excluding hydrogens is 204 g/mol. The number of rotatable bonds is 2. The molecule has 0 bridgehead atoms. The number of likely N-dealkylation sites (tertiary alicyclic amines) is 1. The Hall–Kier alpha value is -1.42. The lowest BCUT2D eigenvalue weighted by atomic mass is 10.1. The number of esters is 1. The van der Waals surface area contributed by atoms with Crippen LogP contribution in [0.1, 0.15) is 24.9 Å². The van der Waals surface area contributed by atoms with Gasteiger partial charge in [0, 0.05) is 38.3 Å². The van der Waals surface area contributed by atoms with Gasteiger partial charge in [0.25, 0.3) is 0 Å². The van der Waals surface area contributed by atoms with Gasteiger partial charge in [0.05, 0.1) is 0 Å². The van der Waals surface area contributed by atoms with Crippen LogP contribution in [0, 0.1) is 0 Å². The van der Waals surface area contributed by atoms with Crippen LogP contribution in [0.3, 0.4) is 0 Å². The number of hydrogen-bond acceptors (Lipinski definition) is 4. The molecule has 2 heterocycles. The van der Waals surface area contributed by atoms with Crippen LogP contribution in [0.5, 0.6) is 0 Å². The zero-order valence-electron chi connectivity index (χ0n) is 9.59. The monoisotopic (exact) mass is 220 g/mol. The number of ether oxygens (including phenoxy) is 1. The second kappa shape index (κ2) is 4.61. The minimum Gasteiger partial charge on any atom is -0.461 e. The number of pyridine rings is 1. The summed E-state index contributed by atoms with van der Waals surface area (Å²) in [4.78, 5) is 17.2. The summed E-state index contributed by atoms with van der Waals surface area (Å²) in [7, 11) is 2.04. The molecule has 0 spiro atoms. The molecule has 16 heavy (non-hydrogen) atoms. The Morgan fingerprint density at radius 1 is 1.62 bits per heavy atom. The Morgan fingerprint density at radius 2 is 2.44 bits per heavy atom. The van der Waals surface area contributed by atoms with E-state index in [1.165, 1.54) is 12.5 Å². The Balaban J connectivity index is 2.05. The number of carbonyl (C=O) groups excluding carboxylic acids is 1. The van der Waals surface area contributed by atoms with Gasteiger partial charge in [-0.05, 0) is 18.7 Å². The minimum atomic E-state index is -0.203. The highest BCUT2D eigenvalue weighted by molar-refractivity contribution is 5.66. The summed E-state index contributed by atoms with van der Waals surface area (Å²) in [6.07, 6.45) is 4.49. The summed E-state index contributed by atoms with van der Waals surface area (Å²) in [5.41, 5.74) is 1.18. The topological polar surface area (TPSA) is 42.4 Å². The van der Waals surface area contributed by atoms with Crippen molar-refractivity contribution in [3.8, 4) is 0 Å². The molecule has 2 atom stereocenters. The summed E-state index contributed by atoms with van der Waals surface area (Å²) < 4.78 is 5.23. The molecule has 4 heteroatoms. The first-order chi connectivity index (χ1) is 7.66. The van der Waals surface area contributed by atoms with Crippen molar-refractivity contribution in [3.05, 3.63) is 30.1 Å². The standard InChI is InChI=1S/C12H16N2O2/c1-9(15)16-11-6-12(14(2)8-11)10-4-3-5-13-7-10/h3-5,7,11-12H,6,8H2,1-2H3/t11-,12+/m1/s1. The predicted molar refractivity (Wildman–Crippen MR) is 59.8 cm³/mol. The van der Waals surface area contributed by atoms with E-state index in [0.29, 0.717) is 6.04 Å². The van der Waals surface area contributed by atoms with Crippen molar-refractivity contribution >= 4 is 5.97 Å². The van der Waals surface area contributed by atoms with E-state index in [0.717, 1.165) is 13.0 Å². The molecule has 1 saturated heterocycles. The van der Waals surface area contributed by atoms with E-state index in [1.54, 1.807) is 6.20 Å². The molecule has 4 nitrogen and oxygen atoms in total. The Kier molecular flexibility index (Phi) is 3.19. The summed E-state index contributed by atoms with van der Waals surface area (Å²) in [6, 6.07) is 4.30. The second-order valence-electron chi connectivity index (χ2n) is 4.21. The van der Waals surface area contributed by atoms with Gasteiger partial charge >= 0.3 is 5.97 Å². The zero-order valence-corrected chi connectivity index (χ0v) is 9.59. The number of nitrogens with zero attached hydrogens (tertiary/aromatic N) is 2. The number of aromatic nitrogens is 1. The summed E-state index contributed by atoms with van der Waals surface area (Å²) in [5, 5.41) is 0. The average Bonchev–Trinajstić information content (AvgIpc) is 2.60. The highest BCUT2D eigenvalue weighted by Crippen LogP contribution is 2.31. The van der Waals surface area contributed by atoms with E-state index in [4.69, 9.17) is 4.74 Å². The van der Waals surface area contributed by atoms with Gasteiger partial charge in [0.1, 0.15) is 6.10 Å². The molecule has 1 aromatic heterocycles. The fourth-order valence-electron chi connectivity index (χ4n) is 2.24. The van der Waals surface area contributed by atoms with Gasteiger partial charge < -0.3 is 4.74 Å². The highest BCUT2D eigenvalue weighted by Gasteiger charge is 2.32. The first-order valence-electron chi connectivity index (χ1n) is 5.44. The molecular formula is C12H16N2O2. The van der Waals surface area contributed by atoms with Crippen LogP contribution in [0.4, 0.5) is 0 Å². The smallest absolute Gasteiger partial charge is 0.302 e. The van der Waals surface area contributed by atoms with Gasteiger partial charge in [-0.15, -0.1) is 0 Å². The summed E-state index contributed by atoms with van der Waals surface area (Å²) >= 11 is 0. The normalized spacial score (nSPS) is 25.6. The quantitative estimate of drug-likeness (QED) is 0.706. The van der Waals surface area contributed by atoms with Crippen LogP contribution in [0.2, 0.25) is 0 Å². The van der Waals surface area contributed by atoms with E-state index >= 15 is 0 Å². The van der Waals surface area contributed by atoms with E-state index < -0.39 is 0 Å². The fraction of sp³-hybridized carbons (Fsp3) is 0.500. The molecule has 0 radical (unpaired) electrons. The average molecular weight is 220 g/mol. The lowest BCUT2D eigenvalue weighted by Crippen LogP contribution is -2.21. The van der Waals surface area contributed by atoms with Crippen LogP contribution in [-0.2, 0) is 9.53 Å². The molecule has 0 saturated carbocycles. The first-order valence-corrected chi connectivity index (χ1v) is 5.44. The molecule has 1 aromatic rings. The minimum absolute atomic E-state index is 0.00714. The molecule has 1 aliphatic heterocycles. The number of hydrogen-bond donors (Lipinski definition) is 0. The largest absolute Gasteiger partial charge is 0.461 e. The Labute approximate surface area is 95.2 Å². The third-order valence-corrected chi connectivity index (χ3v) is 2.91. The van der Waals surface area contributed by atoms with Crippen molar-refractivity contribution in [2.75, 3.05) is 13.6 Å². The molecule has 0 N–H and O–H groups in total. The third-order valence-electron chi connectivity index (χ3n) is 2.91. The van der Waals surface area contributed by atoms with Crippen molar-refractivity contribution in [2.24, 2.45) is 0 Å². The first kappa shape index (κ1) is 11.1. The van der Waals surface area contributed by atoms with Gasteiger partial charge in [-0.2, -0.15) is 0 Å². The number of likely N-dealkylation sites (N-methyl/N-ethyl adjacent to an activating group) is 1. The summed E-state index contributed by atoms with van der Waals surface area (Å²) in [6.45, 7) is 2.25. The van der Waals surface area contributed by atoms with Crippen molar-refractivity contribution in [1.82, 2.24) is 9.88 Å². The molecule has 86 valence electrons. The lowest BCUT2D eigenvalue weighted by molar-refractivity contribution is -0.145. The maximum atomic E-state index is 10.9. The van der Waals surface area contributed by atoms with Crippen molar-refractivity contribution in [2.45, 2.75) is 25.5 Å². The zero-order chi connectivity index (χ0) is 11.5. The van der Waals surface area contributed by atoms with Crippen LogP contribution >= 0.6 is 0 Å². The van der Waals surface area contributed by atoms with E-state index in [1.807, 2.05) is 19.3 Å². The maximum Gasteiger partial charge on any atom is 0.302 e. The second-order valence-corrected chi connectivity index (χ2v) is 4.21. The molecule has 0 unspecified atom stereocenters. The van der Waals surface area contributed by atoms with E-state index in [-0.39, 0.29) is 12.1 Å². The van der Waals surface area contributed by atoms with Gasteiger partial charge in [-0.1, -0.05) is 6.07 Å². The van der Waals surface area contributed by atoms with Crippen molar-refractivity contribution < 1.29 is 9.53 Å². The third kappa shape index (κ3) is 2.39. The fourth-order valence-corrected chi connectivity index (χ4v) is 2.24. The van der Waals surface area contributed by atoms with Crippen LogP contribution in [0.25, 0.3) is 0 Å². The van der Waals surface area contributed by atoms with Gasteiger partial charge in [-0.3, -0.25) is 14.7 Å². The van der Waals surface area contributed by atoms with Crippen LogP contribution < -0.4 is 0 Å². The highest BCUT2D eigenvalue weighted by atomic mass is 16.5. The van der Waals surface area contributed by atoms with Crippen molar-refractivity contribution in [1.29, 1.82) is 0 Å². The van der Waals surface area contributed by atoms with Gasteiger partial charge in [0.2, 0.25) is 0 Å². The Bertz CT molecular complexity index is 367. The molecule has 1 aliphatic rings. The van der Waals surface area contributed by atoms with Gasteiger partial charge in [-0.25, -0.2) is 0 Å².